The third-order valence-corrected chi connectivity index (χ3v) is 3.64. The Kier molecular flexibility index (Phi) is 4.77. The second-order valence-electron chi connectivity index (χ2n) is 5.43. The zero-order chi connectivity index (χ0) is 16.9. The van der Waals surface area contributed by atoms with Crippen molar-refractivity contribution in [2.75, 3.05) is 5.32 Å². The van der Waals surface area contributed by atoms with Crippen LogP contribution >= 0.6 is 0 Å². The number of anilines is 1. The van der Waals surface area contributed by atoms with Crippen LogP contribution in [0.5, 0.6) is 11.5 Å². The molecule has 0 aliphatic heterocycles. The van der Waals surface area contributed by atoms with E-state index in [-0.39, 0.29) is 11.9 Å². The number of amides is 2. The summed E-state index contributed by atoms with van der Waals surface area (Å²) in [4.78, 5) is 12.1. The van der Waals surface area contributed by atoms with Crippen LogP contribution in [0.2, 0.25) is 0 Å². The fourth-order valence-corrected chi connectivity index (χ4v) is 2.43. The van der Waals surface area contributed by atoms with Gasteiger partial charge in [0, 0.05) is 11.8 Å². The zero-order valence-corrected chi connectivity index (χ0v) is 12.9. The molecule has 24 heavy (non-hydrogen) atoms. The number of carbonyl (C=O) groups excluding carboxylic acids is 1. The van der Waals surface area contributed by atoms with Crippen molar-refractivity contribution in [3.63, 3.8) is 0 Å². The normalized spacial score (nSPS) is 16.0. The van der Waals surface area contributed by atoms with Crippen LogP contribution in [0.25, 0.3) is 0 Å². The molecule has 0 radical (unpaired) electrons. The Labute approximate surface area is 138 Å². The van der Waals surface area contributed by atoms with Gasteiger partial charge in [0.25, 0.3) is 0 Å². The average Bonchev–Trinajstić information content (AvgIpc) is 3.11. The zero-order valence-electron chi connectivity index (χ0n) is 12.9. The van der Waals surface area contributed by atoms with Crippen molar-refractivity contribution in [2.45, 2.75) is 18.9 Å². The van der Waals surface area contributed by atoms with Crippen LogP contribution in [-0.2, 0) is 0 Å². The van der Waals surface area contributed by atoms with Gasteiger partial charge in [-0.1, -0.05) is 18.2 Å². The first kappa shape index (κ1) is 16.0. The molecule has 0 saturated heterocycles. The molecule has 0 bridgehead atoms. The number of rotatable bonds is 4. The Hall–Kier alpha value is -2.86. The highest BCUT2D eigenvalue weighted by molar-refractivity contribution is 5.89. The lowest BCUT2D eigenvalue weighted by Crippen LogP contribution is -2.38. The largest absolute Gasteiger partial charge is 0.457 e. The summed E-state index contributed by atoms with van der Waals surface area (Å²) in [6, 6.07) is 11.5. The number of benzene rings is 2. The third-order valence-electron chi connectivity index (χ3n) is 3.64. The first-order valence-corrected chi connectivity index (χ1v) is 7.61. The number of allylic oxidation sites excluding steroid dienone is 1. The third kappa shape index (κ3) is 3.91. The van der Waals surface area contributed by atoms with Crippen LogP contribution in [0.4, 0.5) is 14.9 Å². The Morgan fingerprint density at radius 1 is 1.21 bits per heavy atom. The number of nitrogens with one attached hydrogen (secondary N) is 1. The van der Waals surface area contributed by atoms with E-state index in [0.29, 0.717) is 28.7 Å². The van der Waals surface area contributed by atoms with Crippen LogP contribution in [-0.4, -0.2) is 22.3 Å². The molecular formula is C18H17FN2O3. The lowest BCUT2D eigenvalue weighted by molar-refractivity contribution is -0.0588. The van der Waals surface area contributed by atoms with E-state index in [9.17, 15) is 14.4 Å². The maximum Gasteiger partial charge on any atom is 0.346 e. The second kappa shape index (κ2) is 7.14. The number of urea groups is 1. The molecule has 6 heteroatoms. The van der Waals surface area contributed by atoms with E-state index in [2.05, 4.69) is 5.32 Å². The molecule has 5 nitrogen and oxygen atoms in total. The average molecular weight is 328 g/mol. The van der Waals surface area contributed by atoms with Crippen LogP contribution in [0, 0.1) is 5.82 Å². The molecule has 1 aliphatic carbocycles. The number of ether oxygens (including phenoxy) is 1. The van der Waals surface area contributed by atoms with Crippen molar-refractivity contribution in [3.8, 4) is 11.5 Å². The summed E-state index contributed by atoms with van der Waals surface area (Å²) in [5.74, 6) is 0.636. The van der Waals surface area contributed by atoms with Gasteiger partial charge in [-0.3, -0.25) is 5.21 Å². The number of hydrogen-bond acceptors (Lipinski definition) is 3. The quantitative estimate of drug-likeness (QED) is 0.491. The predicted octanol–water partition coefficient (Wildman–Crippen LogP) is 4.56. The molecule has 1 atom stereocenters. The molecule has 0 saturated carbocycles. The van der Waals surface area contributed by atoms with E-state index >= 15 is 0 Å². The summed E-state index contributed by atoms with van der Waals surface area (Å²) in [7, 11) is 0. The predicted molar refractivity (Wildman–Crippen MR) is 87.7 cm³/mol. The maximum atomic E-state index is 12.9. The Morgan fingerprint density at radius 2 is 2.00 bits per heavy atom. The standard InChI is InChI=1S/C18H17FN2O3/c19-13-8-10-16(11-9-13)24-17-7-3-4-14(12-17)20-18(22)21(23)15-5-1-2-6-15/h1,3-5,7-12,15,23H,2,6H2,(H,20,22). The molecule has 3 rings (SSSR count). The Bertz CT molecular complexity index is 746. The highest BCUT2D eigenvalue weighted by Gasteiger charge is 2.22. The van der Waals surface area contributed by atoms with Gasteiger partial charge in [0.2, 0.25) is 0 Å². The maximum absolute atomic E-state index is 12.9. The summed E-state index contributed by atoms with van der Waals surface area (Å²) in [5, 5.41) is 13.2. The van der Waals surface area contributed by atoms with E-state index in [4.69, 9.17) is 4.74 Å². The van der Waals surface area contributed by atoms with Gasteiger partial charge in [-0.2, -0.15) is 5.06 Å². The SMILES string of the molecule is O=C(Nc1cccc(Oc2ccc(F)cc2)c1)N(O)C1C=CCC1. The van der Waals surface area contributed by atoms with Crippen LogP contribution in [0.1, 0.15) is 12.8 Å². The molecule has 2 aromatic carbocycles. The lowest BCUT2D eigenvalue weighted by Gasteiger charge is -2.21. The molecule has 1 unspecified atom stereocenters. The summed E-state index contributed by atoms with van der Waals surface area (Å²) < 4.78 is 18.5. The molecule has 0 fully saturated rings. The summed E-state index contributed by atoms with van der Waals surface area (Å²) >= 11 is 0. The molecule has 1 aliphatic rings. The van der Waals surface area contributed by atoms with Crippen molar-refractivity contribution < 1.29 is 19.1 Å². The first-order chi connectivity index (χ1) is 11.6. The van der Waals surface area contributed by atoms with Gasteiger partial charge < -0.3 is 10.1 Å². The van der Waals surface area contributed by atoms with Gasteiger partial charge in [-0.25, -0.2) is 9.18 Å². The molecule has 0 heterocycles. The number of carbonyl (C=O) groups is 1. The van der Waals surface area contributed by atoms with Crippen molar-refractivity contribution in [3.05, 3.63) is 66.5 Å². The van der Waals surface area contributed by atoms with E-state index < -0.39 is 6.03 Å². The first-order valence-electron chi connectivity index (χ1n) is 7.61. The number of halogens is 1. The van der Waals surface area contributed by atoms with Gasteiger partial charge in [0.15, 0.2) is 0 Å². The molecular weight excluding hydrogens is 311 g/mol. The van der Waals surface area contributed by atoms with Crippen LogP contribution in [0.3, 0.4) is 0 Å². The van der Waals surface area contributed by atoms with E-state index in [1.165, 1.54) is 24.3 Å². The van der Waals surface area contributed by atoms with Gasteiger partial charge in [-0.05, 0) is 49.2 Å². The van der Waals surface area contributed by atoms with Gasteiger partial charge in [0.1, 0.15) is 17.3 Å². The number of nitrogens with zero attached hydrogens (tertiary/aromatic N) is 1. The second-order valence-corrected chi connectivity index (χ2v) is 5.43. The number of hydrogen-bond donors (Lipinski definition) is 2. The highest BCUT2D eigenvalue weighted by atomic mass is 19.1. The topological polar surface area (TPSA) is 61.8 Å². The minimum Gasteiger partial charge on any atom is -0.457 e. The van der Waals surface area contributed by atoms with Crippen LogP contribution < -0.4 is 10.1 Å². The van der Waals surface area contributed by atoms with Gasteiger partial charge in [0.05, 0.1) is 6.04 Å². The highest BCUT2D eigenvalue weighted by Crippen LogP contribution is 2.25. The Balaban J connectivity index is 1.65. The monoisotopic (exact) mass is 328 g/mol. The van der Waals surface area contributed by atoms with Crippen molar-refractivity contribution in [1.82, 2.24) is 5.06 Å². The fraction of sp³-hybridized carbons (Fsp3) is 0.167. The molecule has 0 aromatic heterocycles. The molecule has 0 spiro atoms. The van der Waals surface area contributed by atoms with Gasteiger partial charge in [-0.15, -0.1) is 0 Å². The van der Waals surface area contributed by atoms with Gasteiger partial charge >= 0.3 is 6.03 Å². The van der Waals surface area contributed by atoms with Crippen LogP contribution in [0.15, 0.2) is 60.7 Å². The van der Waals surface area contributed by atoms with Crippen molar-refractivity contribution >= 4 is 11.7 Å². The molecule has 2 aromatic rings. The molecule has 124 valence electrons. The van der Waals surface area contributed by atoms with Crippen molar-refractivity contribution in [1.29, 1.82) is 0 Å². The van der Waals surface area contributed by atoms with Crippen molar-refractivity contribution in [2.24, 2.45) is 0 Å². The molecule has 2 N–H and O–H groups in total. The van der Waals surface area contributed by atoms with E-state index in [1.807, 2.05) is 6.08 Å². The minimum atomic E-state index is -0.606. The fourth-order valence-electron chi connectivity index (χ4n) is 2.43. The minimum absolute atomic E-state index is 0.302. The smallest absolute Gasteiger partial charge is 0.346 e. The summed E-state index contributed by atoms with van der Waals surface area (Å²) in [6.45, 7) is 0. The van der Waals surface area contributed by atoms with E-state index in [1.54, 1.807) is 30.3 Å². The van der Waals surface area contributed by atoms with E-state index in [0.717, 1.165) is 6.42 Å². The summed E-state index contributed by atoms with van der Waals surface area (Å²) in [5.41, 5.74) is 0.487. The molecule has 2 amide bonds. The lowest BCUT2D eigenvalue weighted by atomic mass is 10.2. The number of hydroxylamine groups is 2. The Morgan fingerprint density at radius 3 is 2.71 bits per heavy atom. The summed E-state index contributed by atoms with van der Waals surface area (Å²) in [6.07, 6.45) is 5.28.